The number of carbonyl (C=O) groups is 1. The average Bonchev–Trinajstić information content (AvgIpc) is 2.64. The van der Waals surface area contributed by atoms with Crippen LogP contribution < -0.4 is 0 Å². The highest BCUT2D eigenvalue weighted by molar-refractivity contribution is 6.06. The maximum atomic E-state index is 13.1. The van der Waals surface area contributed by atoms with E-state index in [1.54, 1.807) is 6.20 Å². The Hall–Kier alpha value is -1.98. The fraction of sp³-hybridized carbons (Fsp3) is 0.524. The summed E-state index contributed by atoms with van der Waals surface area (Å²) < 4.78 is 5.66. The summed E-state index contributed by atoms with van der Waals surface area (Å²) in [4.78, 5) is 21.9. The number of fused-ring (bicyclic) bond motifs is 1. The van der Waals surface area contributed by atoms with Gasteiger partial charge in [-0.15, -0.1) is 0 Å². The highest BCUT2D eigenvalue weighted by Crippen LogP contribution is 2.39. The number of likely N-dealkylation sites (N-methyl/N-ethyl adjacent to an activating group) is 1. The molecule has 0 radical (unpaired) electrons. The number of hydrogen-bond donors (Lipinski definition) is 0. The molecule has 3 heterocycles. The van der Waals surface area contributed by atoms with Crippen molar-refractivity contribution in [1.29, 1.82) is 0 Å². The summed E-state index contributed by atoms with van der Waals surface area (Å²) in [5, 5.41) is 0.937. The lowest BCUT2D eigenvalue weighted by Gasteiger charge is -2.58. The molecule has 0 N–H and O–H groups in total. The van der Waals surface area contributed by atoms with E-state index in [2.05, 4.69) is 16.9 Å². The van der Waals surface area contributed by atoms with E-state index in [0.717, 1.165) is 55.7 Å². The molecule has 1 aromatic carbocycles. The Labute approximate surface area is 154 Å². The lowest BCUT2D eigenvalue weighted by Crippen LogP contribution is -2.72. The monoisotopic (exact) mass is 353 g/mol. The number of para-hydroxylation sites is 1. The Bertz CT molecular complexity index is 793. The molecule has 1 atom stereocenters. The number of amides is 1. The number of likely N-dealkylation sites (tertiary alicyclic amines) is 2. The first kappa shape index (κ1) is 17.4. The Morgan fingerprint density at radius 1 is 1.31 bits per heavy atom. The second kappa shape index (κ2) is 6.97. The second-order valence-electron chi connectivity index (χ2n) is 7.70. The van der Waals surface area contributed by atoms with Gasteiger partial charge in [0.25, 0.3) is 5.91 Å². The van der Waals surface area contributed by atoms with Crippen molar-refractivity contribution in [1.82, 2.24) is 14.8 Å². The van der Waals surface area contributed by atoms with Crippen LogP contribution in [0.5, 0.6) is 0 Å². The van der Waals surface area contributed by atoms with E-state index in [0.29, 0.717) is 5.92 Å². The zero-order valence-electron chi connectivity index (χ0n) is 15.6. The quantitative estimate of drug-likeness (QED) is 0.848. The minimum atomic E-state index is 0.120. The van der Waals surface area contributed by atoms with Crippen molar-refractivity contribution in [2.24, 2.45) is 5.92 Å². The highest BCUT2D eigenvalue weighted by Gasteiger charge is 2.51. The summed E-state index contributed by atoms with van der Waals surface area (Å²) in [6, 6.07) is 9.70. The van der Waals surface area contributed by atoms with Crippen molar-refractivity contribution in [3.63, 3.8) is 0 Å². The van der Waals surface area contributed by atoms with Crippen LogP contribution in [0.2, 0.25) is 0 Å². The molecule has 2 aliphatic rings. The first-order chi connectivity index (χ1) is 12.6. The van der Waals surface area contributed by atoms with Crippen molar-refractivity contribution in [3.05, 3.63) is 42.1 Å². The first-order valence-electron chi connectivity index (χ1n) is 9.55. The molecule has 5 heteroatoms. The van der Waals surface area contributed by atoms with E-state index in [1.807, 2.05) is 42.2 Å². The SMILES string of the molecule is CCOC[C@@H]1CCN(C)C2(C1)CN(C(=O)c1ccnc3ccccc13)C2. The summed E-state index contributed by atoms with van der Waals surface area (Å²) in [5.41, 5.74) is 1.76. The van der Waals surface area contributed by atoms with Crippen LogP contribution >= 0.6 is 0 Å². The zero-order chi connectivity index (χ0) is 18.1. The van der Waals surface area contributed by atoms with Crippen molar-refractivity contribution < 1.29 is 9.53 Å². The highest BCUT2D eigenvalue weighted by atomic mass is 16.5. The largest absolute Gasteiger partial charge is 0.381 e. The van der Waals surface area contributed by atoms with Crippen LogP contribution in [0.15, 0.2) is 36.5 Å². The van der Waals surface area contributed by atoms with Gasteiger partial charge in [-0.2, -0.15) is 0 Å². The topological polar surface area (TPSA) is 45.7 Å². The van der Waals surface area contributed by atoms with Gasteiger partial charge < -0.3 is 9.64 Å². The van der Waals surface area contributed by atoms with Crippen LogP contribution in [0.25, 0.3) is 10.9 Å². The predicted molar refractivity (Wildman–Crippen MR) is 102 cm³/mol. The zero-order valence-corrected chi connectivity index (χ0v) is 15.6. The molecule has 1 spiro atoms. The Morgan fingerprint density at radius 2 is 2.12 bits per heavy atom. The molecule has 2 saturated heterocycles. The standard InChI is InChI=1S/C21H27N3O2/c1-3-26-13-16-9-11-23(2)21(12-16)14-24(15-21)20(25)18-8-10-22-19-7-5-4-6-17(18)19/h4-8,10,16H,3,9,11-15H2,1-2H3/t16-/m1/s1. The smallest absolute Gasteiger partial charge is 0.254 e. The molecule has 2 aliphatic heterocycles. The van der Waals surface area contributed by atoms with Crippen molar-refractivity contribution >= 4 is 16.8 Å². The normalized spacial score (nSPS) is 22.5. The van der Waals surface area contributed by atoms with E-state index >= 15 is 0 Å². The summed E-state index contributed by atoms with van der Waals surface area (Å²) in [6.45, 7) is 6.36. The van der Waals surface area contributed by atoms with E-state index in [4.69, 9.17) is 4.74 Å². The van der Waals surface area contributed by atoms with E-state index in [9.17, 15) is 4.79 Å². The maximum absolute atomic E-state index is 13.1. The van der Waals surface area contributed by atoms with Gasteiger partial charge in [0.1, 0.15) is 0 Å². The van der Waals surface area contributed by atoms with E-state index < -0.39 is 0 Å². The molecule has 26 heavy (non-hydrogen) atoms. The van der Waals surface area contributed by atoms with Crippen LogP contribution in [0.3, 0.4) is 0 Å². The van der Waals surface area contributed by atoms with Gasteiger partial charge in [-0.1, -0.05) is 18.2 Å². The number of pyridine rings is 1. The number of nitrogens with zero attached hydrogens (tertiary/aromatic N) is 3. The lowest BCUT2D eigenvalue weighted by molar-refractivity contribution is -0.0751. The maximum Gasteiger partial charge on any atom is 0.254 e. The number of hydrogen-bond acceptors (Lipinski definition) is 4. The van der Waals surface area contributed by atoms with Crippen LogP contribution in [-0.4, -0.2) is 66.1 Å². The van der Waals surface area contributed by atoms with Gasteiger partial charge >= 0.3 is 0 Å². The molecule has 2 fully saturated rings. The van der Waals surface area contributed by atoms with Crippen molar-refractivity contribution in [3.8, 4) is 0 Å². The fourth-order valence-corrected chi connectivity index (χ4v) is 4.47. The third-order valence-corrected chi connectivity index (χ3v) is 6.05. The van der Waals surface area contributed by atoms with Crippen LogP contribution in [0, 0.1) is 5.92 Å². The molecule has 5 nitrogen and oxygen atoms in total. The van der Waals surface area contributed by atoms with Gasteiger partial charge in [-0.3, -0.25) is 14.7 Å². The van der Waals surface area contributed by atoms with Gasteiger partial charge in [0.05, 0.1) is 16.6 Å². The van der Waals surface area contributed by atoms with E-state index in [-0.39, 0.29) is 11.4 Å². The lowest BCUT2D eigenvalue weighted by atomic mass is 9.75. The van der Waals surface area contributed by atoms with Crippen LogP contribution in [0.1, 0.15) is 30.1 Å². The predicted octanol–water partition coefficient (Wildman–Crippen LogP) is 2.81. The number of aromatic nitrogens is 1. The summed E-state index contributed by atoms with van der Waals surface area (Å²) in [7, 11) is 2.19. The van der Waals surface area contributed by atoms with Gasteiger partial charge in [0, 0.05) is 37.9 Å². The summed E-state index contributed by atoms with van der Waals surface area (Å²) in [5.74, 6) is 0.722. The first-order valence-corrected chi connectivity index (χ1v) is 9.55. The minimum Gasteiger partial charge on any atom is -0.381 e. The van der Waals surface area contributed by atoms with Gasteiger partial charge in [0.2, 0.25) is 0 Å². The van der Waals surface area contributed by atoms with Gasteiger partial charge in [-0.25, -0.2) is 0 Å². The summed E-state index contributed by atoms with van der Waals surface area (Å²) >= 11 is 0. The summed E-state index contributed by atoms with van der Waals surface area (Å²) in [6.07, 6.45) is 4.03. The number of benzene rings is 1. The molecule has 0 aliphatic carbocycles. The average molecular weight is 353 g/mol. The molecule has 1 aromatic heterocycles. The Kier molecular flexibility index (Phi) is 4.67. The number of piperidine rings is 1. The second-order valence-corrected chi connectivity index (χ2v) is 7.70. The number of carbonyl (C=O) groups excluding carboxylic acids is 1. The Balaban J connectivity index is 1.48. The third kappa shape index (κ3) is 2.99. The minimum absolute atomic E-state index is 0.120. The molecule has 0 saturated carbocycles. The van der Waals surface area contributed by atoms with Crippen molar-refractivity contribution in [2.45, 2.75) is 25.3 Å². The molecule has 0 bridgehead atoms. The number of ether oxygens (including phenoxy) is 1. The molecule has 138 valence electrons. The Morgan fingerprint density at radius 3 is 2.92 bits per heavy atom. The molecule has 2 aromatic rings. The van der Waals surface area contributed by atoms with Crippen molar-refractivity contribution in [2.75, 3.05) is 39.9 Å². The van der Waals surface area contributed by atoms with Crippen LogP contribution in [-0.2, 0) is 4.74 Å². The van der Waals surface area contributed by atoms with E-state index in [1.165, 1.54) is 6.42 Å². The number of rotatable bonds is 4. The van der Waals surface area contributed by atoms with Crippen LogP contribution in [0.4, 0.5) is 0 Å². The third-order valence-electron chi connectivity index (χ3n) is 6.05. The molecule has 0 unspecified atom stereocenters. The molecule has 4 rings (SSSR count). The van der Waals surface area contributed by atoms with Gasteiger partial charge in [0.15, 0.2) is 0 Å². The molecular weight excluding hydrogens is 326 g/mol. The molecule has 1 amide bonds. The fourth-order valence-electron chi connectivity index (χ4n) is 4.47. The van der Waals surface area contributed by atoms with Gasteiger partial charge in [-0.05, 0) is 51.4 Å². The molecular formula is C21H27N3O2.